The SMILES string of the molecule is O=C(O)COC1CCN(c2ccc(F)c(C(F)(F)F)c2)C1. The van der Waals surface area contributed by atoms with Crippen LogP contribution in [-0.2, 0) is 15.7 Å². The molecule has 116 valence electrons. The molecule has 1 aromatic carbocycles. The molecule has 1 N–H and O–H groups in total. The second-order valence-electron chi connectivity index (χ2n) is 4.72. The molecule has 4 nitrogen and oxygen atoms in total. The number of hydrogen-bond donors (Lipinski definition) is 1. The molecule has 1 aromatic rings. The third kappa shape index (κ3) is 3.84. The van der Waals surface area contributed by atoms with Crippen LogP contribution in [0.4, 0.5) is 23.2 Å². The van der Waals surface area contributed by atoms with E-state index in [4.69, 9.17) is 9.84 Å². The number of nitrogens with zero attached hydrogens (tertiary/aromatic N) is 1. The maximum Gasteiger partial charge on any atom is 0.419 e. The Hall–Kier alpha value is -1.83. The standard InChI is InChI=1S/C13H13F4NO3/c14-11-2-1-8(5-10(11)13(15,16)17)18-4-3-9(6-18)21-7-12(19)20/h1-2,5,9H,3-4,6-7H2,(H,19,20). The van der Waals surface area contributed by atoms with Crippen LogP contribution < -0.4 is 4.90 Å². The molecule has 8 heteroatoms. The highest BCUT2D eigenvalue weighted by molar-refractivity contribution is 5.68. The van der Waals surface area contributed by atoms with Crippen molar-refractivity contribution in [2.75, 3.05) is 24.6 Å². The molecule has 0 aromatic heterocycles. The lowest BCUT2D eigenvalue weighted by atomic mass is 10.1. The molecule has 1 heterocycles. The van der Waals surface area contributed by atoms with E-state index in [9.17, 15) is 22.4 Å². The van der Waals surface area contributed by atoms with Crippen LogP contribution in [-0.4, -0.2) is 36.9 Å². The van der Waals surface area contributed by atoms with E-state index >= 15 is 0 Å². The maximum atomic E-state index is 13.2. The summed E-state index contributed by atoms with van der Waals surface area (Å²) in [7, 11) is 0. The van der Waals surface area contributed by atoms with Crippen LogP contribution in [0.3, 0.4) is 0 Å². The van der Waals surface area contributed by atoms with E-state index < -0.39 is 30.1 Å². The van der Waals surface area contributed by atoms with E-state index in [1.54, 1.807) is 4.90 Å². The number of alkyl halides is 3. The van der Waals surface area contributed by atoms with E-state index in [2.05, 4.69) is 0 Å². The second-order valence-corrected chi connectivity index (χ2v) is 4.72. The average Bonchev–Trinajstić information content (AvgIpc) is 2.84. The number of anilines is 1. The summed E-state index contributed by atoms with van der Waals surface area (Å²) in [4.78, 5) is 12.0. The van der Waals surface area contributed by atoms with Gasteiger partial charge in [0.1, 0.15) is 12.4 Å². The van der Waals surface area contributed by atoms with Gasteiger partial charge in [-0.2, -0.15) is 13.2 Å². The van der Waals surface area contributed by atoms with Crippen molar-refractivity contribution in [2.45, 2.75) is 18.7 Å². The molecule has 1 aliphatic heterocycles. The molecule has 0 aliphatic carbocycles. The van der Waals surface area contributed by atoms with Gasteiger partial charge in [-0.15, -0.1) is 0 Å². The van der Waals surface area contributed by atoms with Crippen molar-refractivity contribution in [1.82, 2.24) is 0 Å². The minimum atomic E-state index is -4.75. The quantitative estimate of drug-likeness (QED) is 0.869. The monoisotopic (exact) mass is 307 g/mol. The number of ether oxygens (including phenoxy) is 1. The van der Waals surface area contributed by atoms with Gasteiger partial charge in [-0.05, 0) is 24.6 Å². The molecule has 1 unspecified atom stereocenters. The fraction of sp³-hybridized carbons (Fsp3) is 0.462. The van der Waals surface area contributed by atoms with Gasteiger partial charge in [-0.1, -0.05) is 0 Å². The number of carbonyl (C=O) groups is 1. The summed E-state index contributed by atoms with van der Waals surface area (Å²) < 4.78 is 56.3. The van der Waals surface area contributed by atoms with Crippen LogP contribution in [0.1, 0.15) is 12.0 Å². The molecule has 2 rings (SSSR count). The van der Waals surface area contributed by atoms with Crippen molar-refractivity contribution in [3.05, 3.63) is 29.6 Å². The third-order valence-corrected chi connectivity index (χ3v) is 3.21. The largest absolute Gasteiger partial charge is 0.480 e. The zero-order valence-electron chi connectivity index (χ0n) is 10.9. The van der Waals surface area contributed by atoms with Gasteiger partial charge in [-0.25, -0.2) is 9.18 Å². The van der Waals surface area contributed by atoms with Gasteiger partial charge in [0.25, 0.3) is 0 Å². The molecule has 1 atom stereocenters. The number of halogens is 4. The van der Waals surface area contributed by atoms with Crippen LogP contribution in [0.2, 0.25) is 0 Å². The number of benzene rings is 1. The maximum absolute atomic E-state index is 13.2. The van der Waals surface area contributed by atoms with Crippen molar-refractivity contribution in [3.8, 4) is 0 Å². The first-order valence-corrected chi connectivity index (χ1v) is 6.22. The van der Waals surface area contributed by atoms with Gasteiger partial charge < -0.3 is 14.7 Å². The van der Waals surface area contributed by atoms with Crippen molar-refractivity contribution >= 4 is 11.7 Å². The normalized spacial score (nSPS) is 19.0. The molecular formula is C13H13F4NO3. The van der Waals surface area contributed by atoms with Crippen LogP contribution in [0, 0.1) is 5.82 Å². The van der Waals surface area contributed by atoms with Gasteiger partial charge in [0.15, 0.2) is 0 Å². The fourth-order valence-corrected chi connectivity index (χ4v) is 2.22. The Bertz CT molecular complexity index is 533. The molecule has 0 radical (unpaired) electrons. The highest BCUT2D eigenvalue weighted by Gasteiger charge is 2.35. The van der Waals surface area contributed by atoms with E-state index in [-0.39, 0.29) is 18.3 Å². The van der Waals surface area contributed by atoms with E-state index in [1.807, 2.05) is 0 Å². The van der Waals surface area contributed by atoms with Gasteiger partial charge in [0.05, 0.1) is 11.7 Å². The lowest BCUT2D eigenvalue weighted by Gasteiger charge is -2.20. The summed E-state index contributed by atoms with van der Waals surface area (Å²) in [5.41, 5.74) is -1.07. The Labute approximate surface area is 117 Å². The van der Waals surface area contributed by atoms with Gasteiger partial charge >= 0.3 is 12.1 Å². The number of carboxylic acid groups (broad SMARTS) is 1. The van der Waals surface area contributed by atoms with Crippen molar-refractivity contribution in [2.24, 2.45) is 0 Å². The summed E-state index contributed by atoms with van der Waals surface area (Å²) in [5.74, 6) is -2.42. The first-order chi connectivity index (χ1) is 9.77. The molecule has 1 aliphatic rings. The molecule has 21 heavy (non-hydrogen) atoms. The Kier molecular flexibility index (Phi) is 4.36. The molecular weight excluding hydrogens is 294 g/mol. The van der Waals surface area contributed by atoms with Crippen LogP contribution in [0.5, 0.6) is 0 Å². The summed E-state index contributed by atoms with van der Waals surface area (Å²) >= 11 is 0. The minimum absolute atomic E-state index is 0.241. The zero-order chi connectivity index (χ0) is 15.6. The molecule has 1 saturated heterocycles. The lowest BCUT2D eigenvalue weighted by Crippen LogP contribution is -2.25. The molecule has 0 saturated carbocycles. The zero-order valence-corrected chi connectivity index (χ0v) is 10.9. The Morgan fingerprint density at radius 1 is 1.43 bits per heavy atom. The van der Waals surface area contributed by atoms with E-state index in [0.29, 0.717) is 13.0 Å². The van der Waals surface area contributed by atoms with Gasteiger partial charge in [0.2, 0.25) is 0 Å². The van der Waals surface area contributed by atoms with Crippen LogP contribution in [0.15, 0.2) is 18.2 Å². The second kappa shape index (κ2) is 5.88. The number of carboxylic acids is 1. The van der Waals surface area contributed by atoms with Crippen molar-refractivity contribution in [3.63, 3.8) is 0 Å². The van der Waals surface area contributed by atoms with Crippen LogP contribution >= 0.6 is 0 Å². The predicted molar refractivity (Wildman–Crippen MR) is 65.6 cm³/mol. The minimum Gasteiger partial charge on any atom is -0.480 e. The number of rotatable bonds is 4. The fourth-order valence-electron chi connectivity index (χ4n) is 2.22. The predicted octanol–water partition coefficient (Wildman–Crippen LogP) is 2.52. The smallest absolute Gasteiger partial charge is 0.419 e. The molecule has 0 amide bonds. The Morgan fingerprint density at radius 3 is 2.76 bits per heavy atom. The summed E-state index contributed by atoms with van der Waals surface area (Å²) in [6, 6.07) is 2.81. The van der Waals surface area contributed by atoms with E-state index in [0.717, 1.165) is 12.1 Å². The number of hydrogen-bond acceptors (Lipinski definition) is 3. The first-order valence-electron chi connectivity index (χ1n) is 6.22. The van der Waals surface area contributed by atoms with Crippen LogP contribution in [0.25, 0.3) is 0 Å². The molecule has 0 bridgehead atoms. The average molecular weight is 307 g/mol. The summed E-state index contributed by atoms with van der Waals surface area (Å²) in [5, 5.41) is 8.51. The van der Waals surface area contributed by atoms with Gasteiger partial charge in [0, 0.05) is 18.8 Å². The summed E-state index contributed by atoms with van der Waals surface area (Å²) in [6.07, 6.45) is -4.61. The third-order valence-electron chi connectivity index (χ3n) is 3.21. The Morgan fingerprint density at radius 2 is 2.14 bits per heavy atom. The molecule has 1 fully saturated rings. The highest BCUT2D eigenvalue weighted by atomic mass is 19.4. The van der Waals surface area contributed by atoms with Gasteiger partial charge in [-0.3, -0.25) is 0 Å². The highest BCUT2D eigenvalue weighted by Crippen LogP contribution is 2.34. The van der Waals surface area contributed by atoms with E-state index in [1.165, 1.54) is 6.07 Å². The summed E-state index contributed by atoms with van der Waals surface area (Å²) in [6.45, 7) is 0.249. The lowest BCUT2D eigenvalue weighted by molar-refractivity contribution is -0.144. The number of aliphatic carboxylic acids is 1. The first kappa shape index (κ1) is 15.6. The molecule has 0 spiro atoms. The Balaban J connectivity index is 2.08. The van der Waals surface area contributed by atoms with Crippen molar-refractivity contribution in [1.29, 1.82) is 0 Å². The topological polar surface area (TPSA) is 49.8 Å². The van der Waals surface area contributed by atoms with Crippen molar-refractivity contribution < 1.29 is 32.2 Å².